The van der Waals surface area contributed by atoms with Gasteiger partial charge in [0, 0.05) is 49.5 Å². The minimum Gasteiger partial charge on any atom is -0.496 e. The number of nitrogens with zero attached hydrogens (tertiary/aromatic N) is 3. The maximum Gasteiger partial charge on any atom is 0.191 e. The molecule has 2 aromatic rings. The maximum atomic E-state index is 5.52. The summed E-state index contributed by atoms with van der Waals surface area (Å²) in [5.74, 6) is 1.73. The van der Waals surface area contributed by atoms with Gasteiger partial charge in [-0.2, -0.15) is 0 Å². The molecule has 1 aliphatic rings. The molecule has 30 heavy (non-hydrogen) atoms. The number of aryl methyl sites for hydroxylation is 1. The Morgan fingerprint density at radius 3 is 2.70 bits per heavy atom. The van der Waals surface area contributed by atoms with Crippen molar-refractivity contribution in [1.29, 1.82) is 0 Å². The zero-order chi connectivity index (χ0) is 21.5. The van der Waals surface area contributed by atoms with Crippen molar-refractivity contribution in [2.24, 2.45) is 4.99 Å². The first-order chi connectivity index (χ1) is 14.5. The van der Waals surface area contributed by atoms with E-state index in [1.165, 1.54) is 5.56 Å². The van der Waals surface area contributed by atoms with Crippen LogP contribution in [0.4, 0.5) is 0 Å². The fourth-order valence-electron chi connectivity index (χ4n) is 4.21. The number of piperidine rings is 1. The van der Waals surface area contributed by atoms with Gasteiger partial charge in [-0.25, -0.2) is 0 Å². The van der Waals surface area contributed by atoms with Gasteiger partial charge in [-0.3, -0.25) is 14.9 Å². The van der Waals surface area contributed by atoms with Crippen molar-refractivity contribution in [3.63, 3.8) is 0 Å². The summed E-state index contributed by atoms with van der Waals surface area (Å²) in [5.41, 5.74) is 4.48. The molecule has 2 atom stereocenters. The van der Waals surface area contributed by atoms with Crippen LogP contribution in [-0.2, 0) is 13.1 Å². The number of hydrogen-bond donors (Lipinski definition) is 2. The Kier molecular flexibility index (Phi) is 7.69. The largest absolute Gasteiger partial charge is 0.496 e. The quantitative estimate of drug-likeness (QED) is 0.565. The number of ether oxygens (including phenoxy) is 1. The molecule has 0 aliphatic carbocycles. The Morgan fingerprint density at radius 1 is 1.27 bits per heavy atom. The number of aliphatic imine (C=N–C) groups is 1. The van der Waals surface area contributed by atoms with Gasteiger partial charge in [0.05, 0.1) is 19.3 Å². The number of pyridine rings is 1. The molecule has 2 N–H and O–H groups in total. The average Bonchev–Trinajstić information content (AvgIpc) is 2.75. The Labute approximate surface area is 180 Å². The van der Waals surface area contributed by atoms with Gasteiger partial charge in [-0.15, -0.1) is 0 Å². The van der Waals surface area contributed by atoms with Gasteiger partial charge in [0.25, 0.3) is 0 Å². The lowest BCUT2D eigenvalue weighted by Crippen LogP contribution is -2.51. The van der Waals surface area contributed by atoms with Crippen LogP contribution in [0.1, 0.15) is 42.1 Å². The van der Waals surface area contributed by atoms with Crippen LogP contribution in [0.15, 0.2) is 41.5 Å². The normalized spacial score (nSPS) is 20.1. The summed E-state index contributed by atoms with van der Waals surface area (Å²) in [4.78, 5) is 11.6. The topological polar surface area (TPSA) is 61.8 Å². The minimum atomic E-state index is 0.417. The summed E-state index contributed by atoms with van der Waals surface area (Å²) >= 11 is 0. The zero-order valence-corrected chi connectivity index (χ0v) is 18.9. The third-order valence-corrected chi connectivity index (χ3v) is 5.98. The van der Waals surface area contributed by atoms with Gasteiger partial charge in [0.2, 0.25) is 0 Å². The average molecular weight is 410 g/mol. The second kappa shape index (κ2) is 10.4. The van der Waals surface area contributed by atoms with Crippen molar-refractivity contribution < 1.29 is 4.74 Å². The highest BCUT2D eigenvalue weighted by molar-refractivity contribution is 5.80. The molecule has 1 aliphatic heterocycles. The number of hydrogen-bond acceptors (Lipinski definition) is 4. The first-order valence-electron chi connectivity index (χ1n) is 10.8. The maximum absolute atomic E-state index is 5.52. The van der Waals surface area contributed by atoms with Crippen molar-refractivity contribution in [1.82, 2.24) is 20.5 Å². The molecule has 162 valence electrons. The molecule has 1 aromatic heterocycles. The van der Waals surface area contributed by atoms with Crippen molar-refractivity contribution in [2.45, 2.75) is 58.8 Å². The van der Waals surface area contributed by atoms with Crippen molar-refractivity contribution in [2.75, 3.05) is 20.7 Å². The smallest absolute Gasteiger partial charge is 0.191 e. The monoisotopic (exact) mass is 409 g/mol. The Morgan fingerprint density at radius 2 is 2.03 bits per heavy atom. The third kappa shape index (κ3) is 5.51. The van der Waals surface area contributed by atoms with E-state index >= 15 is 0 Å². The second-order valence-electron chi connectivity index (χ2n) is 8.14. The van der Waals surface area contributed by atoms with Gasteiger partial charge in [-0.05, 0) is 39.2 Å². The highest BCUT2D eigenvalue weighted by Gasteiger charge is 2.26. The number of methoxy groups -OCH3 is 1. The second-order valence-corrected chi connectivity index (χ2v) is 8.14. The molecule has 6 nitrogen and oxygen atoms in total. The number of rotatable bonds is 6. The minimum absolute atomic E-state index is 0.417. The summed E-state index contributed by atoms with van der Waals surface area (Å²) in [6.45, 7) is 9.10. The van der Waals surface area contributed by atoms with Crippen LogP contribution in [0, 0.1) is 13.8 Å². The SMILES string of the molecule is CN=C(NCc1ncc(C)c(OC)c1C)NC1CCN(Cc2ccccc2)C(C)C1. The molecule has 0 saturated carbocycles. The molecule has 0 spiro atoms. The summed E-state index contributed by atoms with van der Waals surface area (Å²) in [6, 6.07) is 11.7. The van der Waals surface area contributed by atoms with E-state index in [4.69, 9.17) is 4.74 Å². The molecule has 3 rings (SSSR count). The van der Waals surface area contributed by atoms with E-state index in [1.54, 1.807) is 7.11 Å². The molecule has 1 aromatic carbocycles. The fraction of sp³-hybridized carbons (Fsp3) is 0.500. The molecule has 0 radical (unpaired) electrons. The van der Waals surface area contributed by atoms with E-state index < -0.39 is 0 Å². The molecule has 2 heterocycles. The fourth-order valence-corrected chi connectivity index (χ4v) is 4.21. The van der Waals surface area contributed by atoms with Gasteiger partial charge >= 0.3 is 0 Å². The van der Waals surface area contributed by atoms with E-state index in [0.29, 0.717) is 18.6 Å². The van der Waals surface area contributed by atoms with E-state index in [2.05, 4.69) is 69.7 Å². The van der Waals surface area contributed by atoms with Gasteiger partial charge in [0.1, 0.15) is 5.75 Å². The van der Waals surface area contributed by atoms with Crippen LogP contribution < -0.4 is 15.4 Å². The van der Waals surface area contributed by atoms with E-state index in [9.17, 15) is 0 Å². The summed E-state index contributed by atoms with van der Waals surface area (Å²) in [6.07, 6.45) is 4.07. The van der Waals surface area contributed by atoms with Crippen LogP contribution in [0.3, 0.4) is 0 Å². The molecule has 1 saturated heterocycles. The summed E-state index contributed by atoms with van der Waals surface area (Å²) in [7, 11) is 3.53. The predicted molar refractivity (Wildman–Crippen MR) is 123 cm³/mol. The Balaban J connectivity index is 1.52. The molecule has 6 heteroatoms. The van der Waals surface area contributed by atoms with Gasteiger partial charge in [0.15, 0.2) is 5.96 Å². The highest BCUT2D eigenvalue weighted by atomic mass is 16.5. The molecular weight excluding hydrogens is 374 g/mol. The first kappa shape index (κ1) is 22.1. The number of likely N-dealkylation sites (tertiary alicyclic amines) is 1. The Hall–Kier alpha value is -2.60. The number of nitrogens with one attached hydrogen (secondary N) is 2. The van der Waals surface area contributed by atoms with Gasteiger partial charge < -0.3 is 15.4 Å². The van der Waals surface area contributed by atoms with Crippen LogP contribution in [-0.4, -0.2) is 48.6 Å². The van der Waals surface area contributed by atoms with E-state index in [0.717, 1.165) is 54.5 Å². The number of aromatic nitrogens is 1. The number of guanidine groups is 1. The lowest BCUT2D eigenvalue weighted by Gasteiger charge is -2.38. The van der Waals surface area contributed by atoms with Crippen molar-refractivity contribution in [3.05, 3.63) is 58.9 Å². The van der Waals surface area contributed by atoms with Crippen LogP contribution in [0.2, 0.25) is 0 Å². The van der Waals surface area contributed by atoms with E-state index in [1.807, 2.05) is 20.2 Å². The number of benzene rings is 1. The van der Waals surface area contributed by atoms with Crippen molar-refractivity contribution >= 4 is 5.96 Å². The summed E-state index contributed by atoms with van der Waals surface area (Å²) in [5, 5.41) is 7.02. The molecule has 0 amide bonds. The molecule has 2 unspecified atom stereocenters. The van der Waals surface area contributed by atoms with Crippen LogP contribution >= 0.6 is 0 Å². The van der Waals surface area contributed by atoms with E-state index in [-0.39, 0.29) is 0 Å². The predicted octanol–water partition coefficient (Wildman–Crippen LogP) is 3.43. The standard InChI is InChI=1S/C24H35N5O/c1-17-14-26-22(19(3)23(17)30-5)15-27-24(25-4)28-21-11-12-29(18(2)13-21)16-20-9-7-6-8-10-20/h6-10,14,18,21H,11-13,15-16H2,1-5H3,(H2,25,27,28). The molecule has 1 fully saturated rings. The zero-order valence-electron chi connectivity index (χ0n) is 18.9. The Bertz CT molecular complexity index is 852. The van der Waals surface area contributed by atoms with Gasteiger partial charge in [-0.1, -0.05) is 30.3 Å². The van der Waals surface area contributed by atoms with Crippen LogP contribution in [0.25, 0.3) is 0 Å². The third-order valence-electron chi connectivity index (χ3n) is 5.98. The summed E-state index contributed by atoms with van der Waals surface area (Å²) < 4.78 is 5.52. The lowest BCUT2D eigenvalue weighted by atomic mass is 9.97. The van der Waals surface area contributed by atoms with Crippen molar-refractivity contribution in [3.8, 4) is 5.75 Å². The first-order valence-corrected chi connectivity index (χ1v) is 10.8. The highest BCUT2D eigenvalue weighted by Crippen LogP contribution is 2.24. The lowest BCUT2D eigenvalue weighted by molar-refractivity contribution is 0.134. The molecular formula is C24H35N5O. The van der Waals surface area contributed by atoms with Crippen LogP contribution in [0.5, 0.6) is 5.75 Å². The molecule has 0 bridgehead atoms.